The average molecular weight is 293 g/mol. The van der Waals surface area contributed by atoms with Crippen molar-refractivity contribution in [3.8, 4) is 0 Å². The molecule has 0 aromatic carbocycles. The number of methoxy groups -OCH3 is 1. The highest BCUT2D eigenvalue weighted by molar-refractivity contribution is 7.89. The van der Waals surface area contributed by atoms with E-state index in [1.54, 1.807) is 0 Å². The third kappa shape index (κ3) is 5.88. The third-order valence-electron chi connectivity index (χ3n) is 2.94. The topological polar surface area (TPSA) is 81.7 Å². The van der Waals surface area contributed by atoms with Gasteiger partial charge in [0.05, 0.1) is 19.0 Å². The summed E-state index contributed by atoms with van der Waals surface area (Å²) in [5.74, 6) is -0.461. The van der Waals surface area contributed by atoms with E-state index in [4.69, 9.17) is 4.74 Å². The molecule has 1 N–H and O–H groups in total. The van der Waals surface area contributed by atoms with Crippen LogP contribution in [0.15, 0.2) is 0 Å². The Morgan fingerprint density at radius 1 is 1.47 bits per heavy atom. The van der Waals surface area contributed by atoms with E-state index in [0.29, 0.717) is 13.0 Å². The summed E-state index contributed by atoms with van der Waals surface area (Å²) in [4.78, 5) is 11.6. The average Bonchev–Trinajstić information content (AvgIpc) is 2.77. The number of carbonyl (C=O) groups excluding carboxylic acids is 1. The van der Waals surface area contributed by atoms with E-state index in [9.17, 15) is 13.2 Å². The molecular weight excluding hydrogens is 270 g/mol. The zero-order valence-electron chi connectivity index (χ0n) is 11.7. The van der Waals surface area contributed by atoms with Crippen molar-refractivity contribution in [3.05, 3.63) is 0 Å². The standard InChI is InChI=1S/C12H23NO5S/c1-9(2)7-11(12(14)17-3)13-19(15,16)8-10-5-4-6-18-10/h9-11,13H,4-8H2,1-3H3. The minimum atomic E-state index is -3.54. The van der Waals surface area contributed by atoms with E-state index < -0.39 is 22.0 Å². The second-order valence-corrected chi connectivity index (χ2v) is 7.04. The number of hydrogen-bond donors (Lipinski definition) is 1. The number of hydrogen-bond acceptors (Lipinski definition) is 5. The van der Waals surface area contributed by atoms with Crippen LogP contribution in [0.25, 0.3) is 0 Å². The van der Waals surface area contributed by atoms with Crippen LogP contribution in [-0.2, 0) is 24.3 Å². The Kier molecular flexibility index (Phi) is 6.22. The molecule has 0 aromatic heterocycles. The van der Waals surface area contributed by atoms with Gasteiger partial charge in [-0.25, -0.2) is 13.1 Å². The van der Waals surface area contributed by atoms with Crippen LogP contribution in [0.4, 0.5) is 0 Å². The lowest BCUT2D eigenvalue weighted by molar-refractivity contribution is -0.143. The van der Waals surface area contributed by atoms with E-state index in [0.717, 1.165) is 12.8 Å². The zero-order chi connectivity index (χ0) is 14.5. The highest BCUT2D eigenvalue weighted by atomic mass is 32.2. The molecule has 112 valence electrons. The first-order chi connectivity index (χ1) is 8.84. The minimum absolute atomic E-state index is 0.0986. The van der Waals surface area contributed by atoms with E-state index in [2.05, 4.69) is 9.46 Å². The lowest BCUT2D eigenvalue weighted by atomic mass is 10.1. The van der Waals surface area contributed by atoms with Crippen LogP contribution < -0.4 is 4.72 Å². The molecule has 0 bridgehead atoms. The number of ether oxygens (including phenoxy) is 2. The molecule has 2 unspecified atom stereocenters. The van der Waals surface area contributed by atoms with Crippen molar-refractivity contribution in [1.29, 1.82) is 0 Å². The summed E-state index contributed by atoms with van der Waals surface area (Å²) >= 11 is 0. The van der Waals surface area contributed by atoms with Gasteiger partial charge in [0.25, 0.3) is 0 Å². The van der Waals surface area contributed by atoms with Gasteiger partial charge >= 0.3 is 5.97 Å². The summed E-state index contributed by atoms with van der Waals surface area (Å²) in [5, 5.41) is 0. The Morgan fingerprint density at radius 3 is 2.63 bits per heavy atom. The van der Waals surface area contributed by atoms with Crippen LogP contribution in [0.5, 0.6) is 0 Å². The molecule has 1 fully saturated rings. The molecule has 1 heterocycles. The quantitative estimate of drug-likeness (QED) is 0.698. The fourth-order valence-corrected chi connectivity index (χ4v) is 3.57. The predicted molar refractivity (Wildman–Crippen MR) is 71.2 cm³/mol. The zero-order valence-corrected chi connectivity index (χ0v) is 12.5. The first kappa shape index (κ1) is 16.4. The van der Waals surface area contributed by atoms with Gasteiger partial charge in [0.15, 0.2) is 0 Å². The molecule has 6 nitrogen and oxygen atoms in total. The lowest BCUT2D eigenvalue weighted by Gasteiger charge is -2.19. The molecular formula is C12H23NO5S. The summed E-state index contributed by atoms with van der Waals surface area (Å²) in [7, 11) is -2.29. The summed E-state index contributed by atoms with van der Waals surface area (Å²) in [6.45, 7) is 4.45. The van der Waals surface area contributed by atoms with Gasteiger partial charge in [0.1, 0.15) is 6.04 Å². The molecule has 1 saturated heterocycles. The maximum Gasteiger partial charge on any atom is 0.323 e. The minimum Gasteiger partial charge on any atom is -0.468 e. The van der Waals surface area contributed by atoms with Crippen LogP contribution in [0, 0.1) is 5.92 Å². The summed E-state index contributed by atoms with van der Waals surface area (Å²) in [5.41, 5.74) is 0. The van der Waals surface area contributed by atoms with Gasteiger partial charge in [-0.1, -0.05) is 13.8 Å². The van der Waals surface area contributed by atoms with Crippen molar-refractivity contribution < 1.29 is 22.7 Å². The largest absolute Gasteiger partial charge is 0.468 e. The fourth-order valence-electron chi connectivity index (χ4n) is 2.09. The number of nitrogens with one attached hydrogen (secondary N) is 1. The van der Waals surface area contributed by atoms with Crippen molar-refractivity contribution >= 4 is 16.0 Å². The van der Waals surface area contributed by atoms with Gasteiger partial charge in [-0.15, -0.1) is 0 Å². The molecule has 1 aliphatic heterocycles. The van der Waals surface area contributed by atoms with Crippen molar-refractivity contribution in [3.63, 3.8) is 0 Å². The van der Waals surface area contributed by atoms with Crippen LogP contribution in [0.1, 0.15) is 33.1 Å². The second kappa shape index (κ2) is 7.21. The van der Waals surface area contributed by atoms with E-state index >= 15 is 0 Å². The molecule has 0 radical (unpaired) electrons. The normalized spacial score (nSPS) is 21.6. The molecule has 1 rings (SSSR count). The van der Waals surface area contributed by atoms with Gasteiger partial charge in [-0.2, -0.15) is 0 Å². The van der Waals surface area contributed by atoms with Gasteiger partial charge in [-0.05, 0) is 25.2 Å². The molecule has 0 aliphatic carbocycles. The number of rotatable bonds is 7. The van der Waals surface area contributed by atoms with Gasteiger partial charge in [0.2, 0.25) is 10.0 Å². The lowest BCUT2D eigenvalue weighted by Crippen LogP contribution is -2.44. The van der Waals surface area contributed by atoms with Crippen molar-refractivity contribution in [2.45, 2.75) is 45.3 Å². The van der Waals surface area contributed by atoms with Crippen LogP contribution in [-0.4, -0.2) is 46.0 Å². The van der Waals surface area contributed by atoms with Gasteiger partial charge in [-0.3, -0.25) is 4.79 Å². The van der Waals surface area contributed by atoms with E-state index in [1.807, 2.05) is 13.8 Å². The molecule has 19 heavy (non-hydrogen) atoms. The monoisotopic (exact) mass is 293 g/mol. The summed E-state index contributed by atoms with van der Waals surface area (Å²) < 4.78 is 36.4. The molecule has 0 saturated carbocycles. The van der Waals surface area contributed by atoms with E-state index in [-0.39, 0.29) is 17.8 Å². The fraction of sp³-hybridized carbons (Fsp3) is 0.917. The highest BCUT2D eigenvalue weighted by Gasteiger charge is 2.29. The molecule has 0 aromatic rings. The SMILES string of the molecule is COC(=O)C(CC(C)C)NS(=O)(=O)CC1CCCO1. The van der Waals surface area contributed by atoms with Crippen LogP contribution in [0.3, 0.4) is 0 Å². The number of esters is 1. The Morgan fingerprint density at radius 2 is 2.16 bits per heavy atom. The Bertz CT molecular complexity index is 387. The maximum absolute atomic E-state index is 12.0. The molecule has 1 aliphatic rings. The highest BCUT2D eigenvalue weighted by Crippen LogP contribution is 2.14. The van der Waals surface area contributed by atoms with Crippen LogP contribution >= 0.6 is 0 Å². The molecule has 0 amide bonds. The van der Waals surface area contributed by atoms with Gasteiger partial charge in [0, 0.05) is 6.61 Å². The Hall–Kier alpha value is -0.660. The smallest absolute Gasteiger partial charge is 0.323 e. The van der Waals surface area contributed by atoms with Crippen molar-refractivity contribution in [2.75, 3.05) is 19.5 Å². The maximum atomic E-state index is 12.0. The molecule has 0 spiro atoms. The predicted octanol–water partition coefficient (Wildman–Crippen LogP) is 0.673. The Labute approximate surface area is 114 Å². The second-order valence-electron chi connectivity index (χ2n) is 5.24. The molecule has 7 heteroatoms. The number of carbonyl (C=O) groups is 1. The molecule has 2 atom stereocenters. The Balaban J connectivity index is 2.62. The summed E-state index contributed by atoms with van der Waals surface area (Å²) in [6, 6.07) is -0.823. The first-order valence-electron chi connectivity index (χ1n) is 6.53. The third-order valence-corrected chi connectivity index (χ3v) is 4.40. The van der Waals surface area contributed by atoms with Crippen LogP contribution in [0.2, 0.25) is 0 Å². The summed E-state index contributed by atoms with van der Waals surface area (Å²) in [6.07, 6.45) is 1.77. The van der Waals surface area contributed by atoms with Gasteiger partial charge < -0.3 is 9.47 Å². The number of sulfonamides is 1. The van der Waals surface area contributed by atoms with Crippen molar-refractivity contribution in [2.24, 2.45) is 5.92 Å². The van der Waals surface area contributed by atoms with Crippen molar-refractivity contribution in [1.82, 2.24) is 4.72 Å². The van der Waals surface area contributed by atoms with E-state index in [1.165, 1.54) is 7.11 Å². The first-order valence-corrected chi connectivity index (χ1v) is 8.18.